The minimum absolute atomic E-state index is 0.365. The molecule has 2 N–H and O–H groups in total. The number of nitrogens with one attached hydrogen (secondary N) is 2. The molecular formula is C25H24IN3O5. The summed E-state index contributed by atoms with van der Waals surface area (Å²) in [5.74, 6) is 0.866. The molecule has 0 bridgehead atoms. The van der Waals surface area contributed by atoms with Gasteiger partial charge in [-0.3, -0.25) is 9.59 Å². The zero-order valence-electron chi connectivity index (χ0n) is 18.7. The number of halogens is 1. The minimum atomic E-state index is -0.535. The fourth-order valence-electron chi connectivity index (χ4n) is 2.93. The lowest BCUT2D eigenvalue weighted by molar-refractivity contribution is -0.126. The molecule has 2 amide bonds. The van der Waals surface area contributed by atoms with Gasteiger partial charge in [0.05, 0.1) is 24.0 Å². The van der Waals surface area contributed by atoms with Gasteiger partial charge in [-0.05, 0) is 70.1 Å². The number of rotatable bonds is 10. The number of hydrogen-bond donors (Lipinski definition) is 2. The molecule has 0 aliphatic heterocycles. The Bertz CT molecular complexity index is 1150. The number of nitrogens with zero attached hydrogens (tertiary/aromatic N) is 1. The molecule has 0 spiro atoms. The van der Waals surface area contributed by atoms with Gasteiger partial charge in [-0.15, -0.1) is 0 Å². The van der Waals surface area contributed by atoms with E-state index in [-0.39, 0.29) is 6.42 Å². The van der Waals surface area contributed by atoms with Crippen molar-refractivity contribution in [2.75, 3.05) is 19.5 Å². The second-order valence-corrected chi connectivity index (χ2v) is 8.22. The van der Waals surface area contributed by atoms with E-state index in [1.165, 1.54) is 6.21 Å². The standard InChI is InChI=1S/C25H24IN3O5/c1-32-20-10-8-19(9-11-20)28-23(30)14-24(31)29-27-15-18-12-21(26)25(22(13-18)33-2)34-16-17-6-4-3-5-7-17/h3-13,15H,14,16H2,1-2H3,(H,28,30)(H,29,31). The molecule has 0 aliphatic carbocycles. The van der Waals surface area contributed by atoms with Gasteiger partial charge in [-0.2, -0.15) is 5.10 Å². The van der Waals surface area contributed by atoms with Crippen molar-refractivity contribution in [3.63, 3.8) is 0 Å². The molecule has 9 heteroatoms. The van der Waals surface area contributed by atoms with Crippen molar-refractivity contribution < 1.29 is 23.8 Å². The number of hydrazone groups is 1. The van der Waals surface area contributed by atoms with Gasteiger partial charge >= 0.3 is 0 Å². The van der Waals surface area contributed by atoms with Crippen molar-refractivity contribution in [2.45, 2.75) is 13.0 Å². The Morgan fingerprint density at radius 2 is 1.71 bits per heavy atom. The van der Waals surface area contributed by atoms with Crippen molar-refractivity contribution in [3.8, 4) is 17.2 Å². The Labute approximate surface area is 211 Å². The number of benzene rings is 3. The van der Waals surface area contributed by atoms with Crippen molar-refractivity contribution in [2.24, 2.45) is 5.10 Å². The van der Waals surface area contributed by atoms with Crippen LogP contribution in [0.2, 0.25) is 0 Å². The molecule has 0 heterocycles. The van der Waals surface area contributed by atoms with Crippen LogP contribution in [-0.2, 0) is 16.2 Å². The Morgan fingerprint density at radius 1 is 0.971 bits per heavy atom. The quantitative estimate of drug-likeness (QED) is 0.163. The first-order valence-corrected chi connectivity index (χ1v) is 11.4. The molecule has 0 radical (unpaired) electrons. The third-order valence-electron chi connectivity index (χ3n) is 4.58. The summed E-state index contributed by atoms with van der Waals surface area (Å²) in [6.07, 6.45) is 1.11. The molecule has 3 aromatic carbocycles. The summed E-state index contributed by atoms with van der Waals surface area (Å²) in [4.78, 5) is 24.1. The molecule has 0 unspecified atom stereocenters. The Hall–Kier alpha value is -3.60. The average molecular weight is 573 g/mol. The lowest BCUT2D eigenvalue weighted by Gasteiger charge is -2.13. The molecule has 0 aromatic heterocycles. The summed E-state index contributed by atoms with van der Waals surface area (Å²) in [6.45, 7) is 0.412. The molecule has 8 nitrogen and oxygen atoms in total. The first-order chi connectivity index (χ1) is 16.5. The van der Waals surface area contributed by atoms with Crippen LogP contribution < -0.4 is 25.0 Å². The fraction of sp³-hybridized carbons (Fsp3) is 0.160. The van der Waals surface area contributed by atoms with Gasteiger partial charge in [0.1, 0.15) is 18.8 Å². The van der Waals surface area contributed by atoms with Crippen molar-refractivity contribution in [1.82, 2.24) is 5.43 Å². The lowest BCUT2D eigenvalue weighted by Crippen LogP contribution is -2.24. The lowest BCUT2D eigenvalue weighted by atomic mass is 10.2. The van der Waals surface area contributed by atoms with Crippen molar-refractivity contribution in [3.05, 3.63) is 81.4 Å². The van der Waals surface area contributed by atoms with Crippen LogP contribution in [0.4, 0.5) is 5.69 Å². The number of methoxy groups -OCH3 is 2. The maximum Gasteiger partial charge on any atom is 0.249 e. The minimum Gasteiger partial charge on any atom is -0.497 e. The number of carbonyl (C=O) groups excluding carboxylic acids is 2. The Kier molecular flexibility index (Phi) is 9.27. The monoisotopic (exact) mass is 573 g/mol. The molecule has 0 atom stereocenters. The summed E-state index contributed by atoms with van der Waals surface area (Å²) in [7, 11) is 3.12. The first kappa shape index (κ1) is 25.0. The van der Waals surface area contributed by atoms with E-state index in [0.29, 0.717) is 35.1 Å². The topological polar surface area (TPSA) is 98.2 Å². The van der Waals surface area contributed by atoms with Crippen LogP contribution in [0.25, 0.3) is 0 Å². The normalized spacial score (nSPS) is 10.6. The number of hydrogen-bond acceptors (Lipinski definition) is 6. The smallest absolute Gasteiger partial charge is 0.249 e. The number of carbonyl (C=O) groups is 2. The highest BCUT2D eigenvalue weighted by Crippen LogP contribution is 2.34. The van der Waals surface area contributed by atoms with Crippen molar-refractivity contribution >= 4 is 46.3 Å². The third kappa shape index (κ3) is 7.48. The SMILES string of the molecule is COc1ccc(NC(=O)CC(=O)NN=Cc2cc(I)c(OCc3ccccc3)c(OC)c2)cc1. The summed E-state index contributed by atoms with van der Waals surface area (Å²) in [5, 5.41) is 6.59. The van der Waals surface area contributed by atoms with Gasteiger partial charge < -0.3 is 19.5 Å². The van der Waals surface area contributed by atoms with Crippen LogP contribution in [0.1, 0.15) is 17.5 Å². The van der Waals surface area contributed by atoms with Gasteiger partial charge in [0.2, 0.25) is 11.8 Å². The van der Waals surface area contributed by atoms with E-state index >= 15 is 0 Å². The number of anilines is 1. The van der Waals surface area contributed by atoms with E-state index in [1.807, 2.05) is 36.4 Å². The summed E-state index contributed by atoms with van der Waals surface area (Å²) < 4.78 is 17.3. The molecule has 34 heavy (non-hydrogen) atoms. The van der Waals surface area contributed by atoms with Crippen LogP contribution in [0.5, 0.6) is 17.2 Å². The van der Waals surface area contributed by atoms with E-state index in [0.717, 1.165) is 9.13 Å². The molecule has 0 saturated carbocycles. The summed E-state index contributed by atoms with van der Waals surface area (Å²) in [6, 6.07) is 20.3. The second-order valence-electron chi connectivity index (χ2n) is 7.06. The average Bonchev–Trinajstić information content (AvgIpc) is 2.84. The third-order valence-corrected chi connectivity index (χ3v) is 5.38. The maximum atomic E-state index is 12.1. The largest absolute Gasteiger partial charge is 0.497 e. The van der Waals surface area contributed by atoms with E-state index in [1.54, 1.807) is 44.6 Å². The predicted octanol–water partition coefficient (Wildman–Crippen LogP) is 4.37. The van der Waals surface area contributed by atoms with Gasteiger partial charge in [0.25, 0.3) is 0 Å². The van der Waals surface area contributed by atoms with Gasteiger partial charge in [-0.25, -0.2) is 5.43 Å². The first-order valence-electron chi connectivity index (χ1n) is 10.3. The van der Waals surface area contributed by atoms with E-state index in [4.69, 9.17) is 14.2 Å². The second kappa shape index (κ2) is 12.6. The Morgan fingerprint density at radius 3 is 2.38 bits per heavy atom. The van der Waals surface area contributed by atoms with Crippen LogP contribution in [0.15, 0.2) is 71.8 Å². The molecular weight excluding hydrogens is 549 g/mol. The summed E-state index contributed by atoms with van der Waals surface area (Å²) >= 11 is 2.16. The highest BCUT2D eigenvalue weighted by Gasteiger charge is 2.12. The van der Waals surface area contributed by atoms with Gasteiger partial charge in [0.15, 0.2) is 11.5 Å². The molecule has 3 rings (SSSR count). The van der Waals surface area contributed by atoms with E-state index in [9.17, 15) is 9.59 Å². The van der Waals surface area contributed by atoms with Crippen LogP contribution in [-0.4, -0.2) is 32.2 Å². The van der Waals surface area contributed by atoms with E-state index < -0.39 is 11.8 Å². The fourth-order valence-corrected chi connectivity index (χ4v) is 3.71. The maximum absolute atomic E-state index is 12.1. The van der Waals surface area contributed by atoms with Crippen LogP contribution >= 0.6 is 22.6 Å². The van der Waals surface area contributed by atoms with Crippen LogP contribution in [0, 0.1) is 3.57 Å². The van der Waals surface area contributed by atoms with Crippen LogP contribution in [0.3, 0.4) is 0 Å². The highest BCUT2D eigenvalue weighted by atomic mass is 127. The molecule has 176 valence electrons. The number of ether oxygens (including phenoxy) is 3. The van der Waals surface area contributed by atoms with Gasteiger partial charge in [0, 0.05) is 5.69 Å². The Balaban J connectivity index is 1.54. The summed E-state index contributed by atoms with van der Waals surface area (Å²) in [5.41, 5.74) is 4.68. The highest BCUT2D eigenvalue weighted by molar-refractivity contribution is 14.1. The van der Waals surface area contributed by atoms with Crippen molar-refractivity contribution in [1.29, 1.82) is 0 Å². The molecule has 0 aliphatic rings. The molecule has 0 saturated heterocycles. The van der Waals surface area contributed by atoms with Gasteiger partial charge in [-0.1, -0.05) is 30.3 Å². The zero-order valence-corrected chi connectivity index (χ0v) is 20.9. The predicted molar refractivity (Wildman–Crippen MR) is 138 cm³/mol. The zero-order chi connectivity index (χ0) is 24.3. The molecule has 0 fully saturated rings. The van der Waals surface area contributed by atoms with E-state index in [2.05, 4.69) is 38.4 Å². The molecule has 3 aromatic rings. The number of amides is 2.